The fraction of sp³-hybridized carbons (Fsp3) is 1.00. The first-order valence-electron chi connectivity index (χ1n) is 5.55. The van der Waals surface area contributed by atoms with Gasteiger partial charge in [-0.3, -0.25) is 0 Å². The number of piperidine rings is 1. The molecule has 12 heavy (non-hydrogen) atoms. The average molecular weight is 171 g/mol. The van der Waals surface area contributed by atoms with Gasteiger partial charge in [0.25, 0.3) is 0 Å². The predicted molar refractivity (Wildman–Crippen MR) is 56.5 cm³/mol. The Balaban J connectivity index is 0.000000354. The minimum absolute atomic E-state index is 1.04. The van der Waals surface area contributed by atoms with Gasteiger partial charge in [-0.1, -0.05) is 40.0 Å². The maximum atomic E-state index is 3.37. The second-order valence-electron chi connectivity index (χ2n) is 3.69. The zero-order valence-corrected chi connectivity index (χ0v) is 9.03. The van der Waals surface area contributed by atoms with E-state index in [1.807, 2.05) is 0 Å². The van der Waals surface area contributed by atoms with Gasteiger partial charge in [0.15, 0.2) is 0 Å². The Morgan fingerprint density at radius 1 is 1.08 bits per heavy atom. The maximum absolute atomic E-state index is 3.37. The van der Waals surface area contributed by atoms with Crippen molar-refractivity contribution in [1.82, 2.24) is 5.32 Å². The van der Waals surface area contributed by atoms with Crippen molar-refractivity contribution in [2.24, 2.45) is 5.92 Å². The lowest BCUT2D eigenvalue weighted by Gasteiger charge is -2.21. The Kier molecular flexibility index (Phi) is 9.02. The van der Waals surface area contributed by atoms with Crippen molar-refractivity contribution in [3.8, 4) is 0 Å². The Bertz CT molecular complexity index is 72.3. The zero-order chi connectivity index (χ0) is 9.23. The minimum Gasteiger partial charge on any atom is -0.317 e. The predicted octanol–water partition coefficient (Wildman–Crippen LogP) is 3.20. The summed E-state index contributed by atoms with van der Waals surface area (Å²) in [5.41, 5.74) is 0. The molecule has 0 atom stereocenters. The third kappa shape index (κ3) is 6.66. The van der Waals surface area contributed by atoms with Gasteiger partial charge in [0.1, 0.15) is 0 Å². The molecule has 0 aromatic rings. The molecule has 1 nitrogen and oxygen atoms in total. The molecular formula is C11H25N. The molecule has 0 spiro atoms. The molecule has 1 rings (SSSR count). The molecular weight excluding hydrogens is 146 g/mol. The van der Waals surface area contributed by atoms with Gasteiger partial charge in [0, 0.05) is 0 Å². The summed E-state index contributed by atoms with van der Waals surface area (Å²) in [7, 11) is 0. The van der Waals surface area contributed by atoms with Crippen LogP contribution in [0.1, 0.15) is 52.9 Å². The molecule has 0 unspecified atom stereocenters. The van der Waals surface area contributed by atoms with Gasteiger partial charge in [-0.15, -0.1) is 0 Å². The summed E-state index contributed by atoms with van der Waals surface area (Å²) in [6.45, 7) is 9.04. The van der Waals surface area contributed by atoms with Crippen LogP contribution in [-0.2, 0) is 0 Å². The second kappa shape index (κ2) is 9.05. The SMILES string of the molecule is CCC.CCCC1CCNCC1. The monoisotopic (exact) mass is 171 g/mol. The molecule has 1 N–H and O–H groups in total. The van der Waals surface area contributed by atoms with Crippen LogP contribution in [0, 0.1) is 5.92 Å². The van der Waals surface area contributed by atoms with Crippen molar-refractivity contribution in [2.75, 3.05) is 13.1 Å². The van der Waals surface area contributed by atoms with Gasteiger partial charge >= 0.3 is 0 Å². The third-order valence-electron chi connectivity index (χ3n) is 2.16. The van der Waals surface area contributed by atoms with Crippen molar-refractivity contribution in [1.29, 1.82) is 0 Å². The molecule has 1 aliphatic rings. The Morgan fingerprint density at radius 2 is 1.58 bits per heavy atom. The highest BCUT2D eigenvalue weighted by molar-refractivity contribution is 4.67. The molecule has 0 amide bonds. The van der Waals surface area contributed by atoms with Crippen LogP contribution in [0.5, 0.6) is 0 Å². The number of hydrogen-bond acceptors (Lipinski definition) is 1. The van der Waals surface area contributed by atoms with Crippen LogP contribution >= 0.6 is 0 Å². The Morgan fingerprint density at radius 3 is 2.00 bits per heavy atom. The molecule has 1 heterocycles. The van der Waals surface area contributed by atoms with Crippen LogP contribution < -0.4 is 5.32 Å². The van der Waals surface area contributed by atoms with E-state index in [9.17, 15) is 0 Å². The van der Waals surface area contributed by atoms with E-state index in [-0.39, 0.29) is 0 Å². The lowest BCUT2D eigenvalue weighted by Crippen LogP contribution is -2.27. The molecule has 0 saturated carbocycles. The summed E-state index contributed by atoms with van der Waals surface area (Å²) in [4.78, 5) is 0. The van der Waals surface area contributed by atoms with Gasteiger partial charge in [-0.05, 0) is 31.8 Å². The number of rotatable bonds is 2. The summed E-state index contributed by atoms with van der Waals surface area (Å²) < 4.78 is 0. The smallest absolute Gasteiger partial charge is 0.00463 e. The molecule has 0 bridgehead atoms. The summed E-state index contributed by atoms with van der Waals surface area (Å²) in [6, 6.07) is 0. The van der Waals surface area contributed by atoms with Crippen molar-refractivity contribution in [2.45, 2.75) is 52.9 Å². The first-order valence-corrected chi connectivity index (χ1v) is 5.55. The van der Waals surface area contributed by atoms with E-state index in [0.717, 1.165) is 5.92 Å². The van der Waals surface area contributed by atoms with Gasteiger partial charge in [0.2, 0.25) is 0 Å². The molecule has 1 aliphatic heterocycles. The van der Waals surface area contributed by atoms with E-state index in [1.54, 1.807) is 0 Å². The van der Waals surface area contributed by atoms with Crippen LogP contribution in [0.4, 0.5) is 0 Å². The van der Waals surface area contributed by atoms with Crippen LogP contribution in [0.2, 0.25) is 0 Å². The number of hydrogen-bond donors (Lipinski definition) is 1. The maximum Gasteiger partial charge on any atom is -0.00463 e. The van der Waals surface area contributed by atoms with Crippen molar-refractivity contribution in [3.05, 3.63) is 0 Å². The second-order valence-corrected chi connectivity index (χ2v) is 3.69. The summed E-state index contributed by atoms with van der Waals surface area (Å²) in [5.74, 6) is 1.04. The quantitative estimate of drug-likeness (QED) is 0.673. The Hall–Kier alpha value is -0.0400. The molecule has 0 aromatic carbocycles. The fourth-order valence-corrected chi connectivity index (χ4v) is 1.58. The van der Waals surface area contributed by atoms with E-state index >= 15 is 0 Å². The van der Waals surface area contributed by atoms with Crippen molar-refractivity contribution in [3.63, 3.8) is 0 Å². The van der Waals surface area contributed by atoms with Gasteiger partial charge < -0.3 is 5.32 Å². The zero-order valence-electron chi connectivity index (χ0n) is 9.03. The van der Waals surface area contributed by atoms with E-state index in [1.165, 1.54) is 45.2 Å². The minimum atomic E-state index is 1.04. The van der Waals surface area contributed by atoms with Crippen LogP contribution in [0.25, 0.3) is 0 Å². The van der Waals surface area contributed by atoms with Crippen LogP contribution in [0.3, 0.4) is 0 Å². The molecule has 74 valence electrons. The lowest BCUT2D eigenvalue weighted by atomic mass is 9.94. The van der Waals surface area contributed by atoms with Crippen LogP contribution in [0.15, 0.2) is 0 Å². The highest BCUT2D eigenvalue weighted by Crippen LogP contribution is 2.16. The molecule has 1 heteroatoms. The van der Waals surface area contributed by atoms with E-state index in [2.05, 4.69) is 26.1 Å². The fourth-order valence-electron chi connectivity index (χ4n) is 1.58. The summed E-state index contributed by atoms with van der Waals surface area (Å²) in [6.07, 6.45) is 6.88. The van der Waals surface area contributed by atoms with Gasteiger partial charge in [-0.25, -0.2) is 0 Å². The largest absolute Gasteiger partial charge is 0.317 e. The van der Waals surface area contributed by atoms with E-state index in [4.69, 9.17) is 0 Å². The first kappa shape index (κ1) is 12.0. The molecule has 0 radical (unpaired) electrons. The molecule has 1 fully saturated rings. The average Bonchev–Trinajstić information content (AvgIpc) is 2.08. The Labute approximate surface area is 77.9 Å². The van der Waals surface area contributed by atoms with Gasteiger partial charge in [-0.2, -0.15) is 0 Å². The molecule has 0 aromatic heterocycles. The van der Waals surface area contributed by atoms with Crippen LogP contribution in [-0.4, -0.2) is 13.1 Å². The number of nitrogens with one attached hydrogen (secondary N) is 1. The lowest BCUT2D eigenvalue weighted by molar-refractivity contribution is 0.351. The highest BCUT2D eigenvalue weighted by Gasteiger charge is 2.10. The third-order valence-corrected chi connectivity index (χ3v) is 2.16. The standard InChI is InChI=1S/C8H17N.C3H8/c1-2-3-8-4-6-9-7-5-8;1-3-2/h8-9H,2-7H2,1H3;3H2,1-2H3. The van der Waals surface area contributed by atoms with Crippen molar-refractivity contribution < 1.29 is 0 Å². The van der Waals surface area contributed by atoms with Gasteiger partial charge in [0.05, 0.1) is 0 Å². The summed E-state index contributed by atoms with van der Waals surface area (Å²) >= 11 is 0. The van der Waals surface area contributed by atoms with E-state index in [0.29, 0.717) is 0 Å². The molecule has 0 aliphatic carbocycles. The molecule has 1 saturated heterocycles. The topological polar surface area (TPSA) is 12.0 Å². The van der Waals surface area contributed by atoms with Crippen molar-refractivity contribution >= 4 is 0 Å². The normalized spacial score (nSPS) is 18.2. The van der Waals surface area contributed by atoms with E-state index < -0.39 is 0 Å². The first-order chi connectivity index (χ1) is 5.85. The highest BCUT2D eigenvalue weighted by atomic mass is 14.9. The summed E-state index contributed by atoms with van der Waals surface area (Å²) in [5, 5.41) is 3.37.